The average molecular weight is 139 g/mol. The van der Waals surface area contributed by atoms with Gasteiger partial charge in [0.15, 0.2) is 0 Å². The molecule has 0 radical (unpaired) electrons. The number of nitrogens with one attached hydrogen (secondary N) is 1. The maximum absolute atomic E-state index is 3.47. The molecule has 10 heavy (non-hydrogen) atoms. The van der Waals surface area contributed by atoms with Gasteiger partial charge < -0.3 is 5.32 Å². The van der Waals surface area contributed by atoms with Crippen molar-refractivity contribution in [3.63, 3.8) is 0 Å². The molecule has 1 aliphatic carbocycles. The molecule has 0 aromatic heterocycles. The van der Waals surface area contributed by atoms with Gasteiger partial charge in [-0.3, -0.25) is 0 Å². The Kier molecular flexibility index (Phi) is 1.48. The van der Waals surface area contributed by atoms with E-state index in [1.807, 2.05) is 0 Å². The zero-order valence-electron chi connectivity index (χ0n) is 6.93. The Morgan fingerprint density at radius 3 is 2.10 bits per heavy atom. The zero-order chi connectivity index (χ0) is 7.14. The lowest BCUT2D eigenvalue weighted by atomic mass is 9.58. The highest BCUT2D eigenvalue weighted by Crippen LogP contribution is 2.46. The minimum Gasteiger partial charge on any atom is -0.316 e. The van der Waals surface area contributed by atoms with Crippen LogP contribution >= 0.6 is 0 Å². The smallest absolute Gasteiger partial charge is 0.00174 e. The largest absolute Gasteiger partial charge is 0.316 e. The molecular formula is C9H17N. The van der Waals surface area contributed by atoms with Crippen LogP contribution in [0.4, 0.5) is 0 Å². The summed E-state index contributed by atoms with van der Waals surface area (Å²) in [5.41, 5.74) is 0. The molecule has 1 N–H and O–H groups in total. The van der Waals surface area contributed by atoms with Crippen LogP contribution in [0.15, 0.2) is 0 Å². The Labute approximate surface area is 63.2 Å². The highest BCUT2D eigenvalue weighted by Gasteiger charge is 2.44. The second kappa shape index (κ2) is 2.23. The van der Waals surface area contributed by atoms with E-state index in [4.69, 9.17) is 0 Å². The van der Waals surface area contributed by atoms with E-state index in [9.17, 15) is 0 Å². The van der Waals surface area contributed by atoms with Crippen LogP contribution < -0.4 is 5.32 Å². The van der Waals surface area contributed by atoms with Crippen LogP contribution in [0.1, 0.15) is 20.3 Å². The quantitative estimate of drug-likeness (QED) is 0.580. The van der Waals surface area contributed by atoms with E-state index >= 15 is 0 Å². The summed E-state index contributed by atoms with van der Waals surface area (Å²) in [5.74, 6) is 4.03. The Morgan fingerprint density at radius 1 is 1.20 bits per heavy atom. The first-order valence-electron chi connectivity index (χ1n) is 4.49. The predicted octanol–water partition coefficient (Wildman–Crippen LogP) is 1.50. The Hall–Kier alpha value is -0.0400. The number of rotatable bonds is 1. The van der Waals surface area contributed by atoms with Crippen molar-refractivity contribution >= 4 is 0 Å². The van der Waals surface area contributed by atoms with E-state index in [2.05, 4.69) is 19.2 Å². The fraction of sp³-hybridized carbons (Fsp3) is 1.00. The molecule has 3 fully saturated rings. The molecule has 2 saturated heterocycles. The van der Waals surface area contributed by atoms with Crippen LogP contribution in [0.2, 0.25) is 0 Å². The molecule has 2 atom stereocenters. The van der Waals surface area contributed by atoms with Crippen molar-refractivity contribution in [2.45, 2.75) is 20.3 Å². The summed E-state index contributed by atoms with van der Waals surface area (Å²) < 4.78 is 0. The van der Waals surface area contributed by atoms with Gasteiger partial charge in [-0.1, -0.05) is 13.8 Å². The summed E-state index contributed by atoms with van der Waals surface area (Å²) in [7, 11) is 0. The first-order valence-corrected chi connectivity index (χ1v) is 4.49. The van der Waals surface area contributed by atoms with E-state index in [1.54, 1.807) is 0 Å². The Bertz CT molecular complexity index is 117. The van der Waals surface area contributed by atoms with Crippen LogP contribution in [0, 0.1) is 23.7 Å². The van der Waals surface area contributed by atoms with Crippen molar-refractivity contribution in [2.75, 3.05) is 13.1 Å². The maximum atomic E-state index is 3.47. The second-order valence-electron chi connectivity index (χ2n) is 4.24. The van der Waals surface area contributed by atoms with E-state index < -0.39 is 0 Å². The van der Waals surface area contributed by atoms with Crippen LogP contribution in [0.3, 0.4) is 0 Å². The molecule has 3 rings (SSSR count). The highest BCUT2D eigenvalue weighted by molar-refractivity contribution is 4.96. The zero-order valence-corrected chi connectivity index (χ0v) is 6.93. The van der Waals surface area contributed by atoms with Gasteiger partial charge in [0.05, 0.1) is 0 Å². The van der Waals surface area contributed by atoms with Crippen molar-refractivity contribution in [3.05, 3.63) is 0 Å². The van der Waals surface area contributed by atoms with Gasteiger partial charge in [-0.05, 0) is 43.2 Å². The molecule has 0 amide bonds. The lowest BCUT2D eigenvalue weighted by Gasteiger charge is -2.52. The van der Waals surface area contributed by atoms with Crippen molar-refractivity contribution in [1.29, 1.82) is 0 Å². The maximum Gasteiger partial charge on any atom is -0.00174 e. The van der Waals surface area contributed by atoms with Crippen LogP contribution in [-0.2, 0) is 0 Å². The molecule has 2 aliphatic heterocycles. The van der Waals surface area contributed by atoms with Crippen molar-refractivity contribution in [3.8, 4) is 0 Å². The normalized spacial score (nSPS) is 45.3. The molecule has 2 heterocycles. The third-order valence-electron chi connectivity index (χ3n) is 3.28. The molecule has 58 valence electrons. The fourth-order valence-electron chi connectivity index (χ4n) is 2.87. The molecule has 2 unspecified atom stereocenters. The summed E-state index contributed by atoms with van der Waals surface area (Å²) in [6.07, 6.45) is 1.51. The van der Waals surface area contributed by atoms with E-state index in [1.165, 1.54) is 19.5 Å². The molecule has 3 aliphatic rings. The number of hydrogen-bond acceptors (Lipinski definition) is 1. The molecule has 0 spiro atoms. The van der Waals surface area contributed by atoms with Crippen LogP contribution in [-0.4, -0.2) is 13.1 Å². The predicted molar refractivity (Wildman–Crippen MR) is 42.8 cm³/mol. The van der Waals surface area contributed by atoms with Gasteiger partial charge >= 0.3 is 0 Å². The number of fused-ring (bicyclic) bond motifs is 2. The van der Waals surface area contributed by atoms with Gasteiger partial charge in [-0.25, -0.2) is 0 Å². The molecule has 0 aromatic rings. The highest BCUT2D eigenvalue weighted by atomic mass is 14.9. The van der Waals surface area contributed by atoms with Crippen LogP contribution in [0.25, 0.3) is 0 Å². The molecule has 1 heteroatoms. The average Bonchev–Trinajstić information content (AvgIpc) is 1.87. The van der Waals surface area contributed by atoms with Crippen molar-refractivity contribution in [2.24, 2.45) is 23.7 Å². The van der Waals surface area contributed by atoms with Crippen LogP contribution in [0.5, 0.6) is 0 Å². The van der Waals surface area contributed by atoms with Gasteiger partial charge in [0.25, 0.3) is 0 Å². The van der Waals surface area contributed by atoms with E-state index in [0.717, 1.165) is 23.7 Å². The van der Waals surface area contributed by atoms with Gasteiger partial charge in [0.2, 0.25) is 0 Å². The minimum atomic E-state index is 0.922. The second-order valence-corrected chi connectivity index (χ2v) is 4.24. The van der Waals surface area contributed by atoms with E-state index in [-0.39, 0.29) is 0 Å². The standard InChI is InChI=1S/C9H17N/c1-6(2)9-7-3-8(9)5-10-4-7/h6-10H,3-5H2,1-2H3. The Balaban J connectivity index is 1.99. The lowest BCUT2D eigenvalue weighted by Crippen LogP contribution is -2.54. The Morgan fingerprint density at radius 2 is 1.80 bits per heavy atom. The third-order valence-corrected chi connectivity index (χ3v) is 3.28. The molecule has 0 aromatic carbocycles. The summed E-state index contributed by atoms with van der Waals surface area (Å²) >= 11 is 0. The van der Waals surface area contributed by atoms with Gasteiger partial charge in [0, 0.05) is 0 Å². The molecule has 1 saturated carbocycles. The van der Waals surface area contributed by atoms with E-state index in [0.29, 0.717) is 0 Å². The number of hydrogen-bond donors (Lipinski definition) is 1. The van der Waals surface area contributed by atoms with Crippen molar-refractivity contribution < 1.29 is 0 Å². The fourth-order valence-corrected chi connectivity index (χ4v) is 2.87. The molecule has 2 bridgehead atoms. The topological polar surface area (TPSA) is 12.0 Å². The summed E-state index contributed by atoms with van der Waals surface area (Å²) in [4.78, 5) is 0. The minimum absolute atomic E-state index is 0.922. The third kappa shape index (κ3) is 0.800. The first-order chi connectivity index (χ1) is 4.79. The summed E-state index contributed by atoms with van der Waals surface area (Å²) in [5, 5.41) is 3.47. The molecular weight excluding hydrogens is 122 g/mol. The first kappa shape index (κ1) is 6.66. The monoisotopic (exact) mass is 139 g/mol. The summed E-state index contributed by atoms with van der Waals surface area (Å²) in [6, 6.07) is 0. The van der Waals surface area contributed by atoms with Gasteiger partial charge in [-0.15, -0.1) is 0 Å². The van der Waals surface area contributed by atoms with Gasteiger partial charge in [-0.2, -0.15) is 0 Å². The van der Waals surface area contributed by atoms with Crippen molar-refractivity contribution in [1.82, 2.24) is 5.32 Å². The lowest BCUT2D eigenvalue weighted by molar-refractivity contribution is -0.00230. The van der Waals surface area contributed by atoms with Gasteiger partial charge in [0.1, 0.15) is 0 Å². The molecule has 1 nitrogen and oxygen atoms in total. The SMILES string of the molecule is CC(C)C1C2CNCC1C2. The summed E-state index contributed by atoms with van der Waals surface area (Å²) in [6.45, 7) is 7.32. The number of piperidine rings is 2.